The fourth-order valence-corrected chi connectivity index (χ4v) is 12.8. The summed E-state index contributed by atoms with van der Waals surface area (Å²) in [7, 11) is -15.6. The summed E-state index contributed by atoms with van der Waals surface area (Å²) in [6.07, 6.45) is 30.2. The molecule has 0 atom stereocenters. The van der Waals surface area contributed by atoms with E-state index in [0.717, 1.165) is 129 Å². The highest BCUT2D eigenvalue weighted by molar-refractivity contribution is 9.09. The van der Waals surface area contributed by atoms with Gasteiger partial charge in [0.2, 0.25) is 0 Å². The van der Waals surface area contributed by atoms with Gasteiger partial charge in [0, 0.05) is 113 Å². The molecule has 0 spiro atoms. The lowest BCUT2D eigenvalue weighted by atomic mass is 10.1. The molecule has 0 bridgehead atoms. The first-order valence-corrected chi connectivity index (χ1v) is 40.3. The summed E-state index contributed by atoms with van der Waals surface area (Å²) < 4.78 is 49.9. The molecule has 5 aromatic heterocycles. The summed E-state index contributed by atoms with van der Waals surface area (Å²) >= 11 is 3.38. The van der Waals surface area contributed by atoms with E-state index in [1.807, 2.05) is 169 Å². The second kappa shape index (κ2) is 40.6. The Kier molecular flexibility index (Phi) is 33.3. The summed E-state index contributed by atoms with van der Waals surface area (Å²) in [4.78, 5) is 100. The summed E-state index contributed by atoms with van der Waals surface area (Å²) in [5.74, 6) is 3.60. The summed E-state index contributed by atoms with van der Waals surface area (Å²) in [5, 5.41) is 1.07. The van der Waals surface area contributed by atoms with Crippen molar-refractivity contribution in [3.05, 3.63) is 165 Å². The number of unbranched alkanes of at least 4 members (excludes halogenated alkanes) is 16. The highest BCUT2D eigenvalue weighted by atomic mass is 79.9. The third-order valence-electron chi connectivity index (χ3n) is 15.0. The summed E-state index contributed by atoms with van der Waals surface area (Å²) in [6.45, 7) is 2.15. The van der Waals surface area contributed by atoms with Crippen molar-refractivity contribution in [3.8, 4) is 68.3 Å². The Hall–Kier alpha value is -5.79. The largest absolute Gasteiger partial charge is 0.325 e. The van der Waals surface area contributed by atoms with Crippen LogP contribution in [0.25, 0.3) is 68.3 Å². The Morgan fingerprint density at radius 3 is 0.688 bits per heavy atom. The number of hydrogen-bond acceptors (Lipinski definition) is 10. The van der Waals surface area contributed by atoms with Crippen LogP contribution in [-0.4, -0.2) is 99.0 Å². The van der Waals surface area contributed by atoms with E-state index in [4.69, 9.17) is 44.3 Å². The van der Waals surface area contributed by atoms with Crippen LogP contribution in [-0.2, 0) is 37.9 Å². The van der Waals surface area contributed by atoms with Crippen LogP contribution in [0.3, 0.4) is 0 Å². The molecule has 500 valence electrons. The zero-order chi connectivity index (χ0) is 66.8. The molecule has 8 N–H and O–H groups in total. The van der Waals surface area contributed by atoms with Crippen molar-refractivity contribution in [2.75, 3.05) is 30.0 Å². The lowest BCUT2D eigenvalue weighted by molar-refractivity contribution is -0.697. The van der Waals surface area contributed by atoms with Crippen LogP contribution < -0.4 is 13.7 Å². The van der Waals surface area contributed by atoms with E-state index in [0.29, 0.717) is 67.2 Å². The predicted molar refractivity (Wildman–Crippen MR) is 367 cm³/mol. The molecule has 0 aliphatic rings. The average Bonchev–Trinajstić information content (AvgIpc) is 0.836. The van der Waals surface area contributed by atoms with Crippen LogP contribution in [0.5, 0.6) is 0 Å². The molecule has 0 saturated carbocycles. The fraction of sp³-hybridized carbons (Fsp3) is 0.418. The number of benzene rings is 3. The predicted octanol–water partition coefficient (Wildman–Crippen LogP) is 13.5. The van der Waals surface area contributed by atoms with Crippen LogP contribution in [0.15, 0.2) is 165 Å². The van der Waals surface area contributed by atoms with Crippen LogP contribution in [0.1, 0.15) is 128 Å². The molecular weight excluding hydrogens is 1330 g/mol. The Balaban J connectivity index is 0.000000292. The lowest BCUT2D eigenvalue weighted by Gasteiger charge is -2.08. The van der Waals surface area contributed by atoms with Crippen molar-refractivity contribution < 1.29 is 71.1 Å². The van der Waals surface area contributed by atoms with Crippen molar-refractivity contribution in [1.29, 1.82) is 0 Å². The second-order valence-electron chi connectivity index (χ2n) is 23.0. The van der Waals surface area contributed by atoms with Gasteiger partial charge in [-0.3, -0.25) is 18.3 Å². The van der Waals surface area contributed by atoms with E-state index in [9.17, 15) is 28.0 Å². The summed E-state index contributed by atoms with van der Waals surface area (Å²) in [6, 6.07) is 41.7. The Morgan fingerprint density at radius 1 is 0.258 bits per heavy atom. The molecule has 0 aliphatic carbocycles. The molecule has 3 aromatic carbocycles. The highest BCUT2D eigenvalue weighted by Crippen LogP contribution is 2.38. The molecule has 8 rings (SSSR count). The molecule has 0 radical (unpaired) electrons. The van der Waals surface area contributed by atoms with Gasteiger partial charge in [0.25, 0.3) is 0 Å². The number of aryl methyl sites for hydroxylation is 3. The van der Waals surface area contributed by atoms with E-state index in [1.165, 1.54) is 25.7 Å². The van der Waals surface area contributed by atoms with Crippen LogP contribution in [0.4, 0.5) is 0 Å². The molecule has 0 unspecified atom stereocenters. The zero-order valence-electron chi connectivity index (χ0n) is 52.8. The lowest BCUT2D eigenvalue weighted by Crippen LogP contribution is -2.33. The molecule has 8 aromatic rings. The van der Waals surface area contributed by atoms with Crippen molar-refractivity contribution in [3.63, 3.8) is 0 Å². The third-order valence-corrected chi connectivity index (χ3v) is 19.2. The van der Waals surface area contributed by atoms with Crippen molar-refractivity contribution >= 4 is 46.3 Å². The number of hydrogen-bond donors (Lipinski definition) is 8. The fourth-order valence-electron chi connectivity index (χ4n) is 9.95. The molecule has 21 nitrogen and oxygen atoms in total. The number of nitrogens with zero attached hydrogens (tertiary/aromatic N) is 9. The average molecular weight is 1420 g/mol. The van der Waals surface area contributed by atoms with Gasteiger partial charge in [0.15, 0.2) is 72.1 Å². The van der Waals surface area contributed by atoms with Gasteiger partial charge in [-0.25, -0.2) is 43.6 Å². The highest BCUT2D eigenvalue weighted by Gasteiger charge is 2.19. The monoisotopic (exact) mass is 1420 g/mol. The van der Waals surface area contributed by atoms with E-state index in [2.05, 4.69) is 40.0 Å². The molecule has 26 heteroatoms. The van der Waals surface area contributed by atoms with Crippen molar-refractivity contribution in [1.82, 2.24) is 29.9 Å². The minimum absolute atomic E-state index is 0.0441. The third kappa shape index (κ3) is 32.0. The van der Waals surface area contributed by atoms with Gasteiger partial charge in [-0.05, 0) is 38.5 Å². The number of rotatable bonds is 37. The van der Waals surface area contributed by atoms with Crippen LogP contribution >= 0.6 is 46.3 Å². The molecule has 93 heavy (non-hydrogen) atoms. The Labute approximate surface area is 555 Å². The molecule has 0 aliphatic heterocycles. The smallest absolute Gasteiger partial charge is 0.324 e. The first kappa shape index (κ1) is 76.2. The summed E-state index contributed by atoms with van der Waals surface area (Å²) in [5.41, 5.74) is 5.39. The van der Waals surface area contributed by atoms with Gasteiger partial charge < -0.3 is 39.1 Å². The van der Waals surface area contributed by atoms with Gasteiger partial charge in [-0.15, -0.1) is 0 Å². The van der Waals surface area contributed by atoms with Gasteiger partial charge in [0.05, 0.1) is 6.16 Å². The first-order chi connectivity index (χ1) is 44.6. The zero-order valence-corrected chi connectivity index (χ0v) is 58.0. The van der Waals surface area contributed by atoms with E-state index in [1.54, 1.807) is 0 Å². The van der Waals surface area contributed by atoms with E-state index >= 15 is 0 Å². The van der Waals surface area contributed by atoms with Crippen LogP contribution in [0, 0.1) is 0 Å². The van der Waals surface area contributed by atoms with Crippen molar-refractivity contribution in [2.45, 2.75) is 148 Å². The van der Waals surface area contributed by atoms with Gasteiger partial charge in [-0.2, -0.15) is 0 Å². The van der Waals surface area contributed by atoms with Crippen molar-refractivity contribution in [2.24, 2.45) is 0 Å². The number of pyridine rings is 3. The molecule has 0 amide bonds. The molecule has 0 saturated heterocycles. The Morgan fingerprint density at radius 2 is 0.452 bits per heavy atom. The van der Waals surface area contributed by atoms with E-state index in [-0.39, 0.29) is 24.6 Å². The maximum atomic E-state index is 11.3. The van der Waals surface area contributed by atoms with Gasteiger partial charge in [0.1, 0.15) is 19.6 Å². The van der Waals surface area contributed by atoms with E-state index < -0.39 is 30.4 Å². The SMILES string of the molecule is O=P(O)(O)CCCCCCCCCBr.O=P(O)(O)CCCCCCCC[n+]1ccc(-c2nc(-c3cc[n+](CCCCCCCCP(=O)(O)O)cc3)nc(-c3cc[n+](CCCP(=O)(O)O)cc3)n2)cc1.c1ccc(-c2nc(-c3ccccc3)nc(-c3ccccc3)n2)cc1. The molecule has 0 fully saturated rings. The number of alkyl halides is 1. The number of aromatic nitrogens is 9. The normalized spacial score (nSPS) is 11.8. The number of halogens is 1. The quantitative estimate of drug-likeness (QED) is 0.00776. The molecular formula is C67H91BrN9O12P4+3. The Bertz CT molecular complexity index is 3390. The maximum Gasteiger partial charge on any atom is 0.325 e. The topological polar surface area (TPSA) is 319 Å². The van der Waals surface area contributed by atoms with Gasteiger partial charge in [-0.1, -0.05) is 178 Å². The standard InChI is InChI=1S/C37H53N6O9P3.C21H15N3.C9H20BrO3P/c44-53(45,46)29-11-7-3-1-5-9-20-41-23-14-32(15-24-41)35-38-36(40-37(39-35)34-18-27-43(28-19-34)22-13-31-55(50,51)52)33-16-25-42(26-17-33)21-10-6-2-4-8-12-30-54(47,48)49;1-4-10-16(11-5-1)19-22-20(17-12-6-2-7-13-17)24-21(23-19)18-14-8-3-9-15-18;10-8-6-4-2-1-3-5-7-9-14(11,12)13/h14-19,23-28H,1-13,20-22,29-31H2,(H3-3,44,45,46,47,48,49,50,51,52);1-15H;1-9H2,(H2,11,12,13)/p+3. The second-order valence-corrected chi connectivity index (χ2v) is 30.9. The minimum Gasteiger partial charge on any atom is -0.324 e. The molecule has 5 heterocycles. The minimum atomic E-state index is -4.05. The van der Waals surface area contributed by atoms with Gasteiger partial charge >= 0.3 is 30.4 Å². The maximum absolute atomic E-state index is 11.3. The first-order valence-electron chi connectivity index (χ1n) is 32.0. The van der Waals surface area contributed by atoms with Crippen LogP contribution in [0.2, 0.25) is 0 Å².